The van der Waals surface area contributed by atoms with Gasteiger partial charge in [0.25, 0.3) is 0 Å². The molecule has 18 heterocycles. The molecule has 5 aromatic carbocycles. The fourth-order valence-electron chi connectivity index (χ4n) is 17.1. The first-order valence-electron chi connectivity index (χ1n) is 46.0. The minimum Gasteiger partial charge on any atom is -0.508 e. The molecule has 0 bridgehead atoms. The van der Waals surface area contributed by atoms with Crippen LogP contribution in [0.15, 0.2) is 166 Å². The minimum absolute atomic E-state index is 0.120. The molecule has 6 saturated heterocycles. The number of rotatable bonds is 17. The number of thiophene rings is 2. The molecule has 6 fully saturated rings. The first kappa shape index (κ1) is 93.0. The maximum absolute atomic E-state index is 10.2. The molecule has 7 N–H and O–H groups in total. The van der Waals surface area contributed by atoms with Gasteiger partial charge in [-0.15, -0.1) is 22.7 Å². The van der Waals surface area contributed by atoms with Crippen LogP contribution in [0.5, 0.6) is 28.7 Å². The molecule has 0 amide bonds. The summed E-state index contributed by atoms with van der Waals surface area (Å²) in [4.78, 5) is 91.0. The van der Waals surface area contributed by atoms with Gasteiger partial charge in [0.1, 0.15) is 96.9 Å². The van der Waals surface area contributed by atoms with Crippen LogP contribution in [0.4, 0.5) is 29.7 Å². The molecule has 3 atom stereocenters. The van der Waals surface area contributed by atoms with Gasteiger partial charge < -0.3 is 97.6 Å². The van der Waals surface area contributed by atoms with Gasteiger partial charge in [0.15, 0.2) is 49.4 Å². The molecule has 6 aliphatic rings. The van der Waals surface area contributed by atoms with Gasteiger partial charge in [-0.2, -0.15) is 24.9 Å². The number of morpholine rings is 5. The van der Waals surface area contributed by atoms with Gasteiger partial charge in [0.05, 0.1) is 75.8 Å². The summed E-state index contributed by atoms with van der Waals surface area (Å²) < 4.78 is 41.3. The van der Waals surface area contributed by atoms with Crippen molar-refractivity contribution >= 4 is 140 Å². The number of ether oxygens (including phenoxy) is 6. The van der Waals surface area contributed by atoms with Gasteiger partial charge in [0, 0.05) is 112 Å². The first-order valence-corrected chi connectivity index (χ1v) is 49.3. The molecule has 36 nitrogen and oxygen atoms in total. The largest absolute Gasteiger partial charge is 0.508 e. The standard InChI is InChI=1S/C24H25N5O3S.C20H25N5O2.C19H22BrN5O2.C19H17N5O2S.C15H14BrN5O2/c30-17-6-3-5-16(15-17)20-21-23(27-24(26-20)28-9-12-31-13-10-28)29(19-8-1-2-11-32-19)22(25-21)18-7-4-14-33-18;1-4-13(2)25-14(3)21-18-17(15-6-5-7-16(26)12-15)22-20(23-19(18)25)24-8-10-27-11-9-24;1-3-12(2)25-17-16(21-18(25)20)15(13-5-4-6-14(26)11-13)22-19(23-17)24-7-9-27-10-8-24;25-13-4-1-3-12(11-13)15-16-18(22-17(20-16)14-5-2-10-27-14)23-19(21-15)24-6-8-26-9-7-24;16-14-17-12-11(9-2-1-3-10(22)8-9)18-15(20-13(12)19-14)21-4-6-23-7-5-21/h3-7,14-15,19,30H,1-2,8-13H2;5-7,12-13,26H,4,8-11H2,1-3H3;4-6,11-12,26H,3,7-10H2,1-2H3;1-5,10-11,25H,6-9H2,(H,20,21,22,23);1-3,8,22H,4-7H2,(H,17,18,19,20). The highest BCUT2D eigenvalue weighted by Crippen LogP contribution is 2.43. The molecule has 708 valence electrons. The Hall–Kier alpha value is -13.0. The van der Waals surface area contributed by atoms with Crippen molar-refractivity contribution in [2.45, 2.75) is 85.0 Å². The van der Waals surface area contributed by atoms with Crippen LogP contribution in [0.1, 0.15) is 83.9 Å². The van der Waals surface area contributed by atoms with Crippen molar-refractivity contribution in [3.8, 4) is 106 Å². The molecule has 40 heteroatoms. The summed E-state index contributed by atoms with van der Waals surface area (Å²) in [5.74, 6) is 6.82. The lowest BCUT2D eigenvalue weighted by Gasteiger charge is -2.28. The van der Waals surface area contributed by atoms with Crippen LogP contribution in [0.2, 0.25) is 0 Å². The number of imidazole rings is 5. The van der Waals surface area contributed by atoms with Crippen LogP contribution >= 0.6 is 54.5 Å². The number of benzene rings is 5. The second kappa shape index (κ2) is 42.3. The Labute approximate surface area is 812 Å². The minimum atomic E-state index is -0.120. The number of fused-ring (bicyclic) bond motifs is 5. The third-order valence-corrected chi connectivity index (χ3v) is 27.1. The lowest BCUT2D eigenvalue weighted by molar-refractivity contribution is -0.0287. The lowest BCUT2D eigenvalue weighted by Crippen LogP contribution is -2.37. The number of anilines is 5. The molecule has 6 aliphatic heterocycles. The van der Waals surface area contributed by atoms with E-state index in [1.807, 2.05) is 85.1 Å². The summed E-state index contributed by atoms with van der Waals surface area (Å²) in [5.41, 5.74) is 15.1. The van der Waals surface area contributed by atoms with Crippen LogP contribution < -0.4 is 24.5 Å². The highest BCUT2D eigenvalue weighted by Gasteiger charge is 2.32. The van der Waals surface area contributed by atoms with Gasteiger partial charge >= 0.3 is 0 Å². The Kier molecular flexibility index (Phi) is 28.7. The number of halogens is 2. The zero-order valence-corrected chi connectivity index (χ0v) is 81.0. The number of H-pyrrole nitrogens is 2. The van der Waals surface area contributed by atoms with E-state index in [4.69, 9.17) is 93.2 Å². The van der Waals surface area contributed by atoms with Crippen LogP contribution in [-0.4, -0.2) is 262 Å². The number of aromatic amines is 2. The van der Waals surface area contributed by atoms with E-state index in [9.17, 15) is 25.5 Å². The smallest absolute Gasteiger partial charge is 0.228 e. The zero-order valence-electron chi connectivity index (χ0n) is 76.2. The van der Waals surface area contributed by atoms with Crippen molar-refractivity contribution in [2.24, 2.45) is 0 Å². The number of aromatic hydroxyl groups is 5. The van der Waals surface area contributed by atoms with Gasteiger partial charge in [-0.05, 0) is 168 Å². The average Bonchev–Trinajstić information content (AvgIpc) is 1.61. The third-order valence-electron chi connectivity index (χ3n) is 24.4. The molecule has 0 radical (unpaired) electrons. The molecule has 0 spiro atoms. The summed E-state index contributed by atoms with van der Waals surface area (Å²) in [6, 6.07) is 44.2. The van der Waals surface area contributed by atoms with Crippen molar-refractivity contribution in [2.75, 3.05) is 163 Å². The summed E-state index contributed by atoms with van der Waals surface area (Å²) in [6.07, 6.45) is 4.93. The molecule has 17 aromatic rings. The predicted molar refractivity (Wildman–Crippen MR) is 536 cm³/mol. The Morgan fingerprint density at radius 1 is 0.380 bits per heavy atom. The normalized spacial score (nSPS) is 16.4. The van der Waals surface area contributed by atoms with E-state index in [-0.39, 0.29) is 41.0 Å². The SMILES string of the molecule is CCC(C)n1c(Br)nc2c(-c3cccc(O)c3)nc(N3CCOCC3)nc21.CCC(C)n1c(C)nc2c(-c3cccc(O)c3)nc(N3CCOCC3)nc21.Oc1cccc(-c2nc(N3CCOCC3)nc3c2nc(-c2cccs2)n3C2CCCCO2)c1.Oc1cccc(-c2nc(N3CCOCC3)nc3nc(-c4cccs4)[nH]c23)c1.Oc1cccc(-c2nc(N3CCOCC3)nc3nc(Br)[nH]c23)c1. The van der Waals surface area contributed by atoms with Crippen molar-refractivity contribution in [3.63, 3.8) is 0 Å². The van der Waals surface area contributed by atoms with Gasteiger partial charge in [-0.3, -0.25) is 4.57 Å². The fraction of sp³-hybridized carbons (Fsp3) is 0.351. The second-order valence-electron chi connectivity index (χ2n) is 33.5. The molecule has 0 saturated carbocycles. The number of hydrogen-bond donors (Lipinski definition) is 7. The Balaban J connectivity index is 0.000000110. The van der Waals surface area contributed by atoms with Gasteiger partial charge in [-0.1, -0.05) is 86.6 Å². The predicted octanol–water partition coefficient (Wildman–Crippen LogP) is 17.2. The van der Waals surface area contributed by atoms with E-state index < -0.39 is 0 Å². The van der Waals surface area contributed by atoms with E-state index in [0.717, 1.165) is 226 Å². The maximum atomic E-state index is 10.2. The van der Waals surface area contributed by atoms with Crippen molar-refractivity contribution in [3.05, 3.63) is 172 Å². The van der Waals surface area contributed by atoms with E-state index in [0.29, 0.717) is 129 Å². The van der Waals surface area contributed by atoms with E-state index in [1.54, 1.807) is 89.4 Å². The average molecular weight is 2020 g/mol. The van der Waals surface area contributed by atoms with Crippen molar-refractivity contribution in [1.29, 1.82) is 0 Å². The first-order chi connectivity index (χ1) is 66.9. The van der Waals surface area contributed by atoms with Crippen LogP contribution in [0.3, 0.4) is 0 Å². The quantitative estimate of drug-likeness (QED) is 0.0416. The van der Waals surface area contributed by atoms with Crippen LogP contribution in [0, 0.1) is 6.92 Å². The molecule has 3 unspecified atom stereocenters. The van der Waals surface area contributed by atoms with Crippen molar-refractivity contribution in [1.82, 2.24) is 98.4 Å². The zero-order chi connectivity index (χ0) is 94.2. The summed E-state index contributed by atoms with van der Waals surface area (Å²) in [7, 11) is 0. The summed E-state index contributed by atoms with van der Waals surface area (Å²) >= 11 is 10.2. The van der Waals surface area contributed by atoms with Crippen LogP contribution in [0.25, 0.3) is 134 Å². The molecular weight excluding hydrogens is 1920 g/mol. The summed E-state index contributed by atoms with van der Waals surface area (Å²) in [5, 5.41) is 53.8. The number of hydrogen-bond acceptors (Lipinski definition) is 33. The molecular formula is C97H103Br2N25O11S2. The number of aromatic nitrogens is 20. The van der Waals surface area contributed by atoms with E-state index in [2.05, 4.69) is 129 Å². The maximum Gasteiger partial charge on any atom is 0.228 e. The van der Waals surface area contributed by atoms with E-state index in [1.165, 1.54) is 0 Å². The highest BCUT2D eigenvalue weighted by atomic mass is 79.9. The Morgan fingerprint density at radius 2 is 0.745 bits per heavy atom. The summed E-state index contributed by atoms with van der Waals surface area (Å²) in [6.45, 7) is 25.5. The topological polar surface area (TPSA) is 412 Å². The number of aryl methyl sites for hydroxylation is 1. The number of phenols is 5. The number of nitrogens with zero attached hydrogens (tertiary/aromatic N) is 23. The fourth-order valence-corrected chi connectivity index (χ4v) is 19.6. The molecule has 0 aliphatic carbocycles. The number of phenolic OH excluding ortho intramolecular Hbond substituents is 5. The monoisotopic (exact) mass is 2020 g/mol. The van der Waals surface area contributed by atoms with Crippen LogP contribution in [-0.2, 0) is 28.4 Å². The third kappa shape index (κ3) is 20.7. The molecule has 23 rings (SSSR count). The van der Waals surface area contributed by atoms with Gasteiger partial charge in [0.2, 0.25) is 29.7 Å². The Morgan fingerprint density at radius 3 is 1.15 bits per heavy atom. The molecule has 137 heavy (non-hydrogen) atoms. The number of nitrogens with one attached hydrogen (secondary N) is 2. The Bertz CT molecular complexity index is 6910. The second-order valence-corrected chi connectivity index (χ2v) is 36.9. The molecule has 12 aromatic heterocycles. The van der Waals surface area contributed by atoms with Gasteiger partial charge in [-0.25, -0.2) is 49.8 Å². The highest BCUT2D eigenvalue weighted by molar-refractivity contribution is 9.10. The lowest BCUT2D eigenvalue weighted by atomic mass is 10.1. The van der Waals surface area contributed by atoms with E-state index >= 15 is 0 Å². The van der Waals surface area contributed by atoms with Crippen molar-refractivity contribution < 1.29 is 54.0 Å².